The molecule has 0 amide bonds. The summed E-state index contributed by atoms with van der Waals surface area (Å²) in [6.07, 6.45) is 1.03. The van der Waals surface area contributed by atoms with Crippen molar-refractivity contribution in [1.82, 2.24) is 4.90 Å². The number of halogens is 1. The maximum absolute atomic E-state index is 13.2. The first-order valence-electron chi connectivity index (χ1n) is 5.42. The fourth-order valence-electron chi connectivity index (χ4n) is 1.60. The van der Waals surface area contributed by atoms with Crippen LogP contribution in [0.25, 0.3) is 0 Å². The zero-order valence-corrected chi connectivity index (χ0v) is 10.2. The molecule has 16 heavy (non-hydrogen) atoms. The Morgan fingerprint density at radius 3 is 2.50 bits per heavy atom. The van der Waals surface area contributed by atoms with Gasteiger partial charge in [0.25, 0.3) is 0 Å². The van der Waals surface area contributed by atoms with Gasteiger partial charge in [-0.3, -0.25) is 0 Å². The molecule has 0 saturated heterocycles. The molecular formula is C12H20FN3. The number of nitrogen functional groups attached to an aromatic ring is 1. The molecule has 0 aromatic heterocycles. The number of nitrogens with two attached hydrogens (primary N) is 1. The second-order valence-corrected chi connectivity index (χ2v) is 4.25. The van der Waals surface area contributed by atoms with E-state index >= 15 is 0 Å². The lowest BCUT2D eigenvalue weighted by atomic mass is 10.2. The first-order valence-corrected chi connectivity index (χ1v) is 5.42. The van der Waals surface area contributed by atoms with E-state index in [2.05, 4.69) is 4.90 Å². The van der Waals surface area contributed by atoms with Gasteiger partial charge in [0.15, 0.2) is 0 Å². The minimum atomic E-state index is -0.350. The summed E-state index contributed by atoms with van der Waals surface area (Å²) in [7, 11) is 6.01. The van der Waals surface area contributed by atoms with Crippen LogP contribution in [0, 0.1) is 5.82 Å². The smallest absolute Gasteiger partial charge is 0.148 e. The maximum atomic E-state index is 13.2. The molecule has 4 heteroatoms. The highest BCUT2D eigenvalue weighted by Crippen LogP contribution is 2.24. The summed E-state index contributed by atoms with van der Waals surface area (Å²) in [6.45, 7) is 1.88. The second kappa shape index (κ2) is 5.70. The number of benzene rings is 1. The van der Waals surface area contributed by atoms with Crippen LogP contribution in [0.2, 0.25) is 0 Å². The molecule has 0 radical (unpaired) electrons. The first kappa shape index (κ1) is 12.8. The molecule has 0 saturated carbocycles. The van der Waals surface area contributed by atoms with Crippen LogP contribution in [0.1, 0.15) is 6.42 Å². The largest absolute Gasteiger partial charge is 0.395 e. The number of hydrogen-bond donors (Lipinski definition) is 1. The molecule has 1 rings (SSSR count). The number of nitrogens with zero attached hydrogens (tertiary/aromatic N) is 2. The zero-order valence-electron chi connectivity index (χ0n) is 10.2. The van der Waals surface area contributed by atoms with Crippen molar-refractivity contribution >= 4 is 11.4 Å². The minimum Gasteiger partial charge on any atom is -0.395 e. The third-order valence-electron chi connectivity index (χ3n) is 2.54. The van der Waals surface area contributed by atoms with E-state index in [4.69, 9.17) is 5.73 Å². The van der Waals surface area contributed by atoms with Gasteiger partial charge >= 0.3 is 0 Å². The Hall–Kier alpha value is -1.29. The van der Waals surface area contributed by atoms with Gasteiger partial charge in [0.05, 0.1) is 11.4 Å². The second-order valence-electron chi connectivity index (χ2n) is 4.25. The quantitative estimate of drug-likeness (QED) is 0.775. The Morgan fingerprint density at radius 1 is 1.19 bits per heavy atom. The monoisotopic (exact) mass is 225 g/mol. The van der Waals surface area contributed by atoms with Crippen LogP contribution in [-0.2, 0) is 0 Å². The first-order chi connectivity index (χ1) is 7.52. The molecule has 2 N–H and O–H groups in total. The average Bonchev–Trinajstić information content (AvgIpc) is 2.21. The highest BCUT2D eigenvalue weighted by Gasteiger charge is 2.08. The summed E-state index contributed by atoms with van der Waals surface area (Å²) in [5.74, 6) is -0.350. The standard InChI is InChI=1S/C12H20FN3/c1-15(2)8-5-9-16(3)11-7-4-6-10(13)12(11)14/h4,6-7H,5,8-9,14H2,1-3H3. The molecule has 3 nitrogen and oxygen atoms in total. The number of para-hydroxylation sites is 1. The predicted octanol–water partition coefficient (Wildman–Crippen LogP) is 1.80. The number of anilines is 2. The highest BCUT2D eigenvalue weighted by atomic mass is 19.1. The van der Waals surface area contributed by atoms with Crippen molar-refractivity contribution < 1.29 is 4.39 Å². The van der Waals surface area contributed by atoms with Gasteiger partial charge in [-0.1, -0.05) is 6.07 Å². The molecule has 0 aliphatic heterocycles. The molecule has 90 valence electrons. The van der Waals surface area contributed by atoms with E-state index in [0.717, 1.165) is 25.2 Å². The predicted molar refractivity (Wildman–Crippen MR) is 67.3 cm³/mol. The van der Waals surface area contributed by atoms with Gasteiger partial charge in [-0.25, -0.2) is 4.39 Å². The summed E-state index contributed by atoms with van der Waals surface area (Å²) in [6, 6.07) is 4.91. The van der Waals surface area contributed by atoms with Gasteiger partial charge in [0, 0.05) is 13.6 Å². The number of rotatable bonds is 5. The van der Waals surface area contributed by atoms with E-state index in [-0.39, 0.29) is 11.5 Å². The lowest BCUT2D eigenvalue weighted by molar-refractivity contribution is 0.401. The molecule has 0 aliphatic rings. The van der Waals surface area contributed by atoms with E-state index in [0.29, 0.717) is 0 Å². The van der Waals surface area contributed by atoms with Gasteiger partial charge in [0.1, 0.15) is 5.82 Å². The third-order valence-corrected chi connectivity index (χ3v) is 2.54. The Balaban J connectivity index is 2.59. The van der Waals surface area contributed by atoms with Crippen LogP contribution in [0.15, 0.2) is 18.2 Å². The molecule has 1 aromatic carbocycles. The summed E-state index contributed by atoms with van der Waals surface area (Å²) in [5, 5.41) is 0. The van der Waals surface area contributed by atoms with Crippen LogP contribution < -0.4 is 10.6 Å². The molecule has 0 bridgehead atoms. The van der Waals surface area contributed by atoms with Crippen molar-refractivity contribution in [3.8, 4) is 0 Å². The van der Waals surface area contributed by atoms with E-state index in [1.807, 2.05) is 32.1 Å². The zero-order chi connectivity index (χ0) is 12.1. The van der Waals surface area contributed by atoms with Crippen LogP contribution in [-0.4, -0.2) is 39.1 Å². The maximum Gasteiger partial charge on any atom is 0.148 e. The van der Waals surface area contributed by atoms with Crippen molar-refractivity contribution in [1.29, 1.82) is 0 Å². The van der Waals surface area contributed by atoms with Gasteiger partial charge < -0.3 is 15.5 Å². The van der Waals surface area contributed by atoms with Crippen molar-refractivity contribution in [3.05, 3.63) is 24.0 Å². The fourth-order valence-corrected chi connectivity index (χ4v) is 1.60. The highest BCUT2D eigenvalue weighted by molar-refractivity contribution is 5.67. The lowest BCUT2D eigenvalue weighted by Gasteiger charge is -2.22. The summed E-state index contributed by atoms with van der Waals surface area (Å²) in [5.41, 5.74) is 6.68. The summed E-state index contributed by atoms with van der Waals surface area (Å²) < 4.78 is 13.2. The van der Waals surface area contributed by atoms with Crippen molar-refractivity contribution in [2.45, 2.75) is 6.42 Å². The summed E-state index contributed by atoms with van der Waals surface area (Å²) in [4.78, 5) is 4.12. The molecule has 0 fully saturated rings. The van der Waals surface area contributed by atoms with E-state index in [1.54, 1.807) is 6.07 Å². The SMILES string of the molecule is CN(C)CCCN(C)c1cccc(F)c1N. The Bertz CT molecular complexity index is 339. The number of hydrogen-bond acceptors (Lipinski definition) is 3. The Kier molecular flexibility index (Phi) is 4.55. The van der Waals surface area contributed by atoms with Gasteiger partial charge in [-0.2, -0.15) is 0 Å². The molecule has 0 atom stereocenters. The summed E-state index contributed by atoms with van der Waals surface area (Å²) >= 11 is 0. The van der Waals surface area contributed by atoms with Crippen LogP contribution in [0.4, 0.5) is 15.8 Å². The Labute approximate surface area is 96.6 Å². The van der Waals surface area contributed by atoms with Crippen molar-refractivity contribution in [2.75, 3.05) is 44.9 Å². The fraction of sp³-hybridized carbons (Fsp3) is 0.500. The lowest BCUT2D eigenvalue weighted by Crippen LogP contribution is -2.24. The molecule has 0 aliphatic carbocycles. The minimum absolute atomic E-state index is 0.231. The molecular weight excluding hydrogens is 205 g/mol. The normalized spacial score (nSPS) is 10.8. The molecule has 0 spiro atoms. The third kappa shape index (κ3) is 3.38. The van der Waals surface area contributed by atoms with Crippen LogP contribution >= 0.6 is 0 Å². The van der Waals surface area contributed by atoms with Crippen LogP contribution in [0.3, 0.4) is 0 Å². The van der Waals surface area contributed by atoms with Gasteiger partial charge in [0.2, 0.25) is 0 Å². The van der Waals surface area contributed by atoms with Gasteiger partial charge in [-0.05, 0) is 39.2 Å². The average molecular weight is 225 g/mol. The van der Waals surface area contributed by atoms with E-state index < -0.39 is 0 Å². The topological polar surface area (TPSA) is 32.5 Å². The van der Waals surface area contributed by atoms with E-state index in [9.17, 15) is 4.39 Å². The van der Waals surface area contributed by atoms with Crippen molar-refractivity contribution in [2.24, 2.45) is 0 Å². The molecule has 1 aromatic rings. The van der Waals surface area contributed by atoms with Crippen molar-refractivity contribution in [3.63, 3.8) is 0 Å². The van der Waals surface area contributed by atoms with Crippen LogP contribution in [0.5, 0.6) is 0 Å². The Morgan fingerprint density at radius 2 is 1.88 bits per heavy atom. The molecule has 0 heterocycles. The van der Waals surface area contributed by atoms with Gasteiger partial charge in [-0.15, -0.1) is 0 Å². The van der Waals surface area contributed by atoms with E-state index in [1.165, 1.54) is 6.07 Å². The molecule has 0 unspecified atom stereocenters.